The lowest BCUT2D eigenvalue weighted by Crippen LogP contribution is -2.53. The van der Waals surface area contributed by atoms with Crippen LogP contribution >= 0.6 is 0 Å². The van der Waals surface area contributed by atoms with Crippen molar-refractivity contribution in [2.45, 2.75) is 75.3 Å². The van der Waals surface area contributed by atoms with Crippen LogP contribution in [-0.4, -0.2) is 62.1 Å². The van der Waals surface area contributed by atoms with E-state index in [-0.39, 0.29) is 24.6 Å². The lowest BCUT2D eigenvalue weighted by atomic mass is 9.84. The summed E-state index contributed by atoms with van der Waals surface area (Å²) in [7, 11) is 1.46. The number of likely N-dealkylation sites (tertiary alicyclic amines) is 1. The van der Waals surface area contributed by atoms with Crippen LogP contribution in [0.15, 0.2) is 42.6 Å². The lowest BCUT2D eigenvalue weighted by Gasteiger charge is -2.37. The predicted octanol–water partition coefficient (Wildman–Crippen LogP) is 4.22. The molecule has 4 atom stereocenters. The Kier molecular flexibility index (Phi) is 8.85. The first-order valence-corrected chi connectivity index (χ1v) is 14.3. The maximum atomic E-state index is 14.8. The number of carbonyl (C=O) groups is 2. The van der Waals surface area contributed by atoms with E-state index in [1.807, 2.05) is 39.0 Å². The molecule has 1 aromatic heterocycles. The van der Waals surface area contributed by atoms with Crippen molar-refractivity contribution in [2.75, 3.05) is 19.0 Å². The molecule has 9 nitrogen and oxygen atoms in total. The predicted molar refractivity (Wildman–Crippen MR) is 147 cm³/mol. The second kappa shape index (κ2) is 11.8. The SMILES string of the molecule is CO[C@@H]1C[C@H](C(=O)Nc2cc(CC[C@@](N[S@@+]([O-])C(C)(C)C)(c3ccccn3)C3CC3)ccc2F)N(C(=O)O)C1. The first-order chi connectivity index (χ1) is 18.4. The average Bonchev–Trinajstić information content (AvgIpc) is 3.66. The smallest absolute Gasteiger partial charge is 0.408 e. The summed E-state index contributed by atoms with van der Waals surface area (Å²) >= 11 is -1.34. The lowest BCUT2D eigenvalue weighted by molar-refractivity contribution is -0.120. The molecule has 1 aliphatic heterocycles. The van der Waals surface area contributed by atoms with Gasteiger partial charge in [-0.1, -0.05) is 12.1 Å². The quantitative estimate of drug-likeness (QED) is 0.372. The van der Waals surface area contributed by atoms with Gasteiger partial charge in [0.1, 0.15) is 22.1 Å². The van der Waals surface area contributed by atoms with Gasteiger partial charge in [0.2, 0.25) is 5.91 Å². The van der Waals surface area contributed by atoms with Gasteiger partial charge in [-0.3, -0.25) is 14.7 Å². The van der Waals surface area contributed by atoms with Gasteiger partial charge in [0.15, 0.2) is 0 Å². The highest BCUT2D eigenvalue weighted by Crippen LogP contribution is 2.48. The highest BCUT2D eigenvalue weighted by atomic mass is 32.2. The fourth-order valence-corrected chi connectivity index (χ4v) is 6.07. The van der Waals surface area contributed by atoms with Gasteiger partial charge < -0.3 is 19.7 Å². The van der Waals surface area contributed by atoms with Crippen LogP contribution in [-0.2, 0) is 32.9 Å². The van der Waals surface area contributed by atoms with Crippen molar-refractivity contribution in [2.24, 2.45) is 5.92 Å². The van der Waals surface area contributed by atoms with Crippen molar-refractivity contribution in [1.29, 1.82) is 0 Å². The molecule has 1 aliphatic carbocycles. The summed E-state index contributed by atoms with van der Waals surface area (Å²) in [5.74, 6) is -0.951. The number of ether oxygens (including phenoxy) is 1. The van der Waals surface area contributed by atoms with Crippen LogP contribution in [0.25, 0.3) is 0 Å². The molecule has 0 radical (unpaired) electrons. The van der Waals surface area contributed by atoms with Gasteiger partial charge in [0.05, 0.1) is 24.0 Å². The molecule has 212 valence electrons. The molecule has 1 saturated heterocycles. The van der Waals surface area contributed by atoms with E-state index >= 15 is 0 Å². The number of rotatable bonds is 10. The van der Waals surface area contributed by atoms with Crippen LogP contribution in [0.5, 0.6) is 0 Å². The molecule has 2 fully saturated rings. The Labute approximate surface area is 231 Å². The Morgan fingerprint density at radius 2 is 2.00 bits per heavy atom. The molecule has 11 heteroatoms. The van der Waals surface area contributed by atoms with E-state index in [9.17, 15) is 23.6 Å². The Morgan fingerprint density at radius 1 is 1.26 bits per heavy atom. The van der Waals surface area contributed by atoms with Crippen molar-refractivity contribution in [3.05, 3.63) is 59.7 Å². The number of hydrogen-bond donors (Lipinski definition) is 3. The van der Waals surface area contributed by atoms with E-state index in [4.69, 9.17) is 4.74 Å². The first kappa shape index (κ1) is 29.3. The second-order valence-electron chi connectivity index (χ2n) is 11.3. The molecule has 39 heavy (non-hydrogen) atoms. The van der Waals surface area contributed by atoms with Gasteiger partial charge in [-0.25, -0.2) is 9.18 Å². The number of nitrogens with one attached hydrogen (secondary N) is 2. The number of nitrogens with zero attached hydrogens (tertiary/aromatic N) is 2. The Balaban J connectivity index is 1.55. The zero-order valence-electron chi connectivity index (χ0n) is 22.8. The third-order valence-electron chi connectivity index (χ3n) is 7.47. The summed E-state index contributed by atoms with van der Waals surface area (Å²) < 4.78 is 36.2. The van der Waals surface area contributed by atoms with Crippen LogP contribution in [0.3, 0.4) is 0 Å². The summed E-state index contributed by atoms with van der Waals surface area (Å²) in [6, 6.07) is 9.29. The highest BCUT2D eigenvalue weighted by Gasteiger charge is 2.51. The Hall–Kier alpha value is -2.73. The number of benzene rings is 1. The molecule has 3 N–H and O–H groups in total. The number of amides is 2. The molecule has 2 aromatic rings. The van der Waals surface area contributed by atoms with Crippen LogP contribution < -0.4 is 10.0 Å². The zero-order valence-corrected chi connectivity index (χ0v) is 23.6. The van der Waals surface area contributed by atoms with E-state index in [1.165, 1.54) is 13.2 Å². The number of methoxy groups -OCH3 is 1. The van der Waals surface area contributed by atoms with Crippen LogP contribution in [0.2, 0.25) is 0 Å². The van der Waals surface area contributed by atoms with Gasteiger partial charge in [0, 0.05) is 31.1 Å². The average molecular weight is 561 g/mol. The van der Waals surface area contributed by atoms with Crippen LogP contribution in [0.4, 0.5) is 14.9 Å². The minimum absolute atomic E-state index is 0.00945. The zero-order chi connectivity index (χ0) is 28.4. The van der Waals surface area contributed by atoms with E-state index in [2.05, 4.69) is 15.0 Å². The third kappa shape index (κ3) is 6.71. The molecule has 2 amide bonds. The molecule has 2 heterocycles. The fraction of sp³-hybridized carbons (Fsp3) is 0.536. The second-order valence-corrected chi connectivity index (χ2v) is 13.3. The number of pyridine rings is 1. The Bertz CT molecular complexity index is 1180. The number of carbonyl (C=O) groups excluding carboxylic acids is 1. The molecule has 4 rings (SSSR count). The van der Waals surface area contributed by atoms with E-state index in [0.717, 1.165) is 29.0 Å². The minimum atomic E-state index is -1.34. The van der Waals surface area contributed by atoms with Gasteiger partial charge in [-0.2, -0.15) is 0 Å². The van der Waals surface area contributed by atoms with Gasteiger partial charge in [0.25, 0.3) is 0 Å². The summed E-state index contributed by atoms with van der Waals surface area (Å²) in [4.78, 5) is 30.3. The fourth-order valence-electron chi connectivity index (χ4n) is 5.06. The number of aromatic nitrogens is 1. The minimum Gasteiger partial charge on any atom is -0.598 e. The van der Waals surface area contributed by atoms with Crippen molar-refractivity contribution in [3.63, 3.8) is 0 Å². The van der Waals surface area contributed by atoms with Crippen molar-refractivity contribution < 1.29 is 28.4 Å². The van der Waals surface area contributed by atoms with Gasteiger partial charge >= 0.3 is 6.09 Å². The number of halogens is 1. The molecule has 0 bridgehead atoms. The summed E-state index contributed by atoms with van der Waals surface area (Å²) in [6.07, 6.45) is 3.36. The van der Waals surface area contributed by atoms with Crippen molar-refractivity contribution in [3.8, 4) is 0 Å². The molecular weight excluding hydrogens is 523 g/mol. The molecule has 0 unspecified atom stereocenters. The Morgan fingerprint density at radius 3 is 2.59 bits per heavy atom. The standard InChI is InChI=1S/C28H37FN4O5S/c1-27(2,3)39(37)32-28(19-9-10-19,24-7-5-6-14-30-24)13-12-18-8-11-21(29)22(15-18)31-25(34)23-16-20(38-4)17-33(23)26(35)36/h5-8,11,14-15,19-20,23,32H,9-10,12-13,16-17H2,1-4H3,(H,31,34)(H,35,36)/t20-,23-,28+,39+/m1/s1. The van der Waals surface area contributed by atoms with E-state index in [0.29, 0.717) is 12.8 Å². The molecule has 0 spiro atoms. The number of hydrogen-bond acceptors (Lipinski definition) is 6. The van der Waals surface area contributed by atoms with Crippen LogP contribution in [0.1, 0.15) is 57.7 Å². The van der Waals surface area contributed by atoms with Crippen LogP contribution in [0, 0.1) is 11.7 Å². The van der Waals surface area contributed by atoms with Gasteiger partial charge in [-0.05, 0) is 82.2 Å². The first-order valence-electron chi connectivity index (χ1n) is 13.2. The molecule has 2 aliphatic rings. The third-order valence-corrected chi connectivity index (χ3v) is 9.13. The number of aryl methyl sites for hydroxylation is 1. The maximum absolute atomic E-state index is 14.8. The largest absolute Gasteiger partial charge is 0.598 e. The number of anilines is 1. The molecular formula is C28H37FN4O5S. The van der Waals surface area contributed by atoms with E-state index in [1.54, 1.807) is 18.3 Å². The number of carboxylic acid groups (broad SMARTS) is 1. The van der Waals surface area contributed by atoms with Crippen molar-refractivity contribution in [1.82, 2.24) is 14.6 Å². The molecule has 1 saturated carbocycles. The topological polar surface area (TPSA) is 127 Å². The van der Waals surface area contributed by atoms with E-state index < -0.39 is 51.6 Å². The summed E-state index contributed by atoms with van der Waals surface area (Å²) in [5.41, 5.74) is 0.971. The monoisotopic (exact) mass is 560 g/mol. The molecule has 1 aromatic carbocycles. The maximum Gasteiger partial charge on any atom is 0.408 e. The summed E-state index contributed by atoms with van der Waals surface area (Å²) in [6.45, 7) is 5.84. The normalized spacial score (nSPS) is 21.8. The highest BCUT2D eigenvalue weighted by molar-refractivity contribution is 7.90. The summed E-state index contributed by atoms with van der Waals surface area (Å²) in [5, 5.41) is 12.1. The van der Waals surface area contributed by atoms with Gasteiger partial charge in [-0.15, -0.1) is 4.72 Å². The van der Waals surface area contributed by atoms with Crippen molar-refractivity contribution >= 4 is 29.0 Å².